The third-order valence-corrected chi connectivity index (χ3v) is 9.21. The minimum atomic E-state index is -3.76. The second-order valence-corrected chi connectivity index (χ2v) is 11.4. The fourth-order valence-corrected chi connectivity index (χ4v) is 7.32. The maximum absolute atomic E-state index is 13.7. The molecule has 166 valence electrons. The van der Waals surface area contributed by atoms with Gasteiger partial charge in [-0.15, -0.1) is 0 Å². The van der Waals surface area contributed by atoms with Gasteiger partial charge in [0.15, 0.2) is 0 Å². The molecule has 3 aliphatic rings. The zero-order valence-electron chi connectivity index (χ0n) is 18.2. The van der Waals surface area contributed by atoms with Crippen LogP contribution in [0.5, 0.6) is 0 Å². The van der Waals surface area contributed by atoms with Crippen LogP contribution in [-0.2, 0) is 14.8 Å². The Kier molecular flexibility index (Phi) is 5.07. The molecule has 2 aromatic rings. The molecule has 3 aliphatic heterocycles. The number of aromatic nitrogens is 1. The molecule has 0 bridgehead atoms. The van der Waals surface area contributed by atoms with E-state index in [0.29, 0.717) is 24.6 Å². The molecule has 0 spiro atoms. The summed E-state index contributed by atoms with van der Waals surface area (Å²) in [5.74, 6) is 0.160. The highest BCUT2D eigenvalue weighted by atomic mass is 32.2. The van der Waals surface area contributed by atoms with Gasteiger partial charge in [-0.3, -0.25) is 14.7 Å². The quantitative estimate of drug-likeness (QED) is 0.726. The van der Waals surface area contributed by atoms with Crippen LogP contribution in [0.25, 0.3) is 10.9 Å². The minimum Gasteiger partial charge on any atom is -0.342 e. The van der Waals surface area contributed by atoms with Crippen molar-refractivity contribution in [1.29, 1.82) is 0 Å². The Morgan fingerprint density at radius 1 is 1.10 bits per heavy atom. The van der Waals surface area contributed by atoms with Gasteiger partial charge in [0.2, 0.25) is 15.9 Å². The van der Waals surface area contributed by atoms with Gasteiger partial charge in [0.1, 0.15) is 4.90 Å². The summed E-state index contributed by atoms with van der Waals surface area (Å²) in [6.07, 6.45) is 3.69. The highest BCUT2D eigenvalue weighted by molar-refractivity contribution is 7.89. The molecule has 1 amide bonds. The molecular weight excluding hydrogens is 412 g/mol. The van der Waals surface area contributed by atoms with Crippen molar-refractivity contribution < 1.29 is 13.2 Å². The van der Waals surface area contributed by atoms with Gasteiger partial charge >= 0.3 is 0 Å². The average molecular weight is 443 g/mol. The van der Waals surface area contributed by atoms with Gasteiger partial charge in [-0.05, 0) is 38.8 Å². The first-order chi connectivity index (χ1) is 14.8. The molecule has 2 atom stereocenters. The number of sulfonamides is 1. The number of hydrogen-bond acceptors (Lipinski definition) is 5. The molecule has 3 fully saturated rings. The molecule has 5 rings (SSSR count). The molecule has 7 nitrogen and oxygen atoms in total. The molecule has 0 aliphatic carbocycles. The van der Waals surface area contributed by atoms with E-state index < -0.39 is 15.4 Å². The van der Waals surface area contributed by atoms with E-state index in [-0.39, 0.29) is 23.3 Å². The van der Waals surface area contributed by atoms with Gasteiger partial charge in [-0.2, -0.15) is 4.31 Å². The van der Waals surface area contributed by atoms with E-state index in [1.807, 2.05) is 23.1 Å². The van der Waals surface area contributed by atoms with Crippen LogP contribution >= 0.6 is 0 Å². The summed E-state index contributed by atoms with van der Waals surface area (Å²) in [6.45, 7) is 7.89. The summed E-state index contributed by atoms with van der Waals surface area (Å²) in [5, 5.41) is 0.803. The van der Waals surface area contributed by atoms with Crippen molar-refractivity contribution in [1.82, 2.24) is 19.1 Å². The van der Waals surface area contributed by atoms with E-state index in [0.717, 1.165) is 37.9 Å². The van der Waals surface area contributed by atoms with E-state index >= 15 is 0 Å². The Labute approximate surface area is 184 Å². The zero-order valence-corrected chi connectivity index (χ0v) is 19.0. The number of fused-ring (bicyclic) bond motifs is 2. The number of likely N-dealkylation sites (tertiary alicyclic amines) is 2. The molecule has 1 aromatic heterocycles. The first-order valence-electron chi connectivity index (χ1n) is 11.2. The maximum atomic E-state index is 13.7. The number of carbonyl (C=O) groups excluding carboxylic acids is 1. The highest BCUT2D eigenvalue weighted by Gasteiger charge is 2.60. The maximum Gasteiger partial charge on any atom is 0.245 e. The van der Waals surface area contributed by atoms with Crippen LogP contribution in [0.2, 0.25) is 0 Å². The molecule has 8 heteroatoms. The van der Waals surface area contributed by atoms with Crippen LogP contribution in [-0.4, -0.2) is 78.7 Å². The first kappa shape index (κ1) is 20.8. The van der Waals surface area contributed by atoms with Crippen LogP contribution in [0.4, 0.5) is 0 Å². The van der Waals surface area contributed by atoms with Gasteiger partial charge in [-0.25, -0.2) is 8.42 Å². The van der Waals surface area contributed by atoms with Crippen molar-refractivity contribution in [3.05, 3.63) is 36.5 Å². The van der Waals surface area contributed by atoms with Crippen molar-refractivity contribution in [3.8, 4) is 0 Å². The Balaban J connectivity index is 1.52. The molecule has 0 unspecified atom stereocenters. The Morgan fingerprint density at radius 2 is 1.84 bits per heavy atom. The molecule has 31 heavy (non-hydrogen) atoms. The summed E-state index contributed by atoms with van der Waals surface area (Å²) < 4.78 is 29.0. The molecule has 4 heterocycles. The fourth-order valence-electron chi connectivity index (χ4n) is 5.60. The van der Waals surface area contributed by atoms with Crippen LogP contribution in [0.1, 0.15) is 26.7 Å². The Morgan fingerprint density at radius 3 is 2.58 bits per heavy atom. The predicted octanol–water partition coefficient (Wildman–Crippen LogP) is 2.19. The van der Waals surface area contributed by atoms with Crippen LogP contribution in [0.3, 0.4) is 0 Å². The van der Waals surface area contributed by atoms with E-state index in [4.69, 9.17) is 0 Å². The summed E-state index contributed by atoms with van der Waals surface area (Å²) in [7, 11) is -3.76. The number of carbonyl (C=O) groups is 1. The predicted molar refractivity (Wildman–Crippen MR) is 119 cm³/mol. The van der Waals surface area contributed by atoms with Crippen molar-refractivity contribution in [3.63, 3.8) is 0 Å². The molecule has 0 radical (unpaired) electrons. The normalized spacial score (nSPS) is 27.5. The van der Waals surface area contributed by atoms with Crippen LogP contribution in [0, 0.1) is 11.3 Å². The number of nitrogens with zero attached hydrogens (tertiary/aromatic N) is 4. The van der Waals surface area contributed by atoms with Crippen LogP contribution < -0.4 is 0 Å². The second kappa shape index (κ2) is 7.53. The highest BCUT2D eigenvalue weighted by Crippen LogP contribution is 2.46. The second-order valence-electron chi connectivity index (χ2n) is 9.50. The number of hydrogen-bond donors (Lipinski definition) is 0. The molecular formula is C23H30N4O3S. The van der Waals surface area contributed by atoms with Gasteiger partial charge in [0.25, 0.3) is 0 Å². The molecule has 1 aromatic carbocycles. The van der Waals surface area contributed by atoms with Gasteiger partial charge in [0.05, 0.1) is 10.9 Å². The molecule has 3 saturated heterocycles. The van der Waals surface area contributed by atoms with E-state index in [9.17, 15) is 13.2 Å². The Hall–Kier alpha value is -2.03. The van der Waals surface area contributed by atoms with E-state index in [1.165, 1.54) is 0 Å². The summed E-state index contributed by atoms with van der Waals surface area (Å²) in [6, 6.07) is 9.29. The van der Waals surface area contributed by atoms with E-state index in [1.54, 1.807) is 22.6 Å². The molecule has 0 N–H and O–H groups in total. The summed E-state index contributed by atoms with van der Waals surface area (Å²) in [5.41, 5.74) is -0.162. The zero-order chi connectivity index (χ0) is 21.8. The van der Waals surface area contributed by atoms with Crippen molar-refractivity contribution in [2.75, 3.05) is 39.3 Å². The third kappa shape index (κ3) is 3.27. The van der Waals surface area contributed by atoms with Gasteiger partial charge < -0.3 is 4.90 Å². The Bertz CT molecular complexity index is 1110. The number of benzene rings is 1. The van der Waals surface area contributed by atoms with Gasteiger partial charge in [-0.1, -0.05) is 18.2 Å². The SMILES string of the molecule is CC(C)N1C[C@H]2CN(S(=O)(=O)c3cccc4cccnc34)C[C@@]2(C(=O)N2CCCC2)C1. The lowest BCUT2D eigenvalue weighted by atomic mass is 9.79. The lowest BCUT2D eigenvalue weighted by molar-refractivity contribution is -0.141. The number of rotatable bonds is 4. The monoisotopic (exact) mass is 442 g/mol. The number of para-hydroxylation sites is 1. The molecule has 0 saturated carbocycles. The summed E-state index contributed by atoms with van der Waals surface area (Å²) >= 11 is 0. The van der Waals surface area contributed by atoms with Crippen LogP contribution in [0.15, 0.2) is 41.4 Å². The fraction of sp³-hybridized carbons (Fsp3) is 0.565. The lowest BCUT2D eigenvalue weighted by Crippen LogP contribution is -2.49. The standard InChI is InChI=1S/C23H30N4O3S/c1-17(2)26-13-19-14-27(16-23(19,15-26)22(28)25-11-3-4-12-25)31(29,30)20-9-5-7-18-8-6-10-24-21(18)20/h5-10,17,19H,3-4,11-16H2,1-2H3/t19-,23-/m0/s1. The lowest BCUT2D eigenvalue weighted by Gasteiger charge is -2.33. The van der Waals surface area contributed by atoms with E-state index in [2.05, 4.69) is 23.7 Å². The summed E-state index contributed by atoms with van der Waals surface area (Å²) in [4.78, 5) is 22.6. The van der Waals surface area contributed by atoms with Crippen molar-refractivity contribution in [2.45, 2.75) is 37.6 Å². The van der Waals surface area contributed by atoms with Crippen molar-refractivity contribution >= 4 is 26.8 Å². The number of pyridine rings is 1. The van der Waals surface area contributed by atoms with Gasteiger partial charge in [0, 0.05) is 62.8 Å². The topological polar surface area (TPSA) is 73.8 Å². The smallest absolute Gasteiger partial charge is 0.245 e. The first-order valence-corrected chi connectivity index (χ1v) is 12.6. The third-order valence-electron chi connectivity index (χ3n) is 7.37. The number of amides is 1. The average Bonchev–Trinajstić information content (AvgIpc) is 3.47. The largest absolute Gasteiger partial charge is 0.342 e. The minimum absolute atomic E-state index is 0.0145. The van der Waals surface area contributed by atoms with Crippen molar-refractivity contribution in [2.24, 2.45) is 11.3 Å².